The second kappa shape index (κ2) is 4.05. The molecular formula is C10H11N3O2S. The minimum absolute atomic E-state index is 0.197. The number of carbonyl (C=O) groups is 1. The maximum absolute atomic E-state index is 11.0. The van der Waals surface area contributed by atoms with Gasteiger partial charge in [0.2, 0.25) is 0 Å². The predicted octanol–water partition coefficient (Wildman–Crippen LogP) is 1.70. The number of carboxylic acids is 1. The Kier molecular flexibility index (Phi) is 2.74. The van der Waals surface area contributed by atoms with Crippen LogP contribution in [0.1, 0.15) is 27.0 Å². The summed E-state index contributed by atoms with van der Waals surface area (Å²) in [6, 6.07) is 0. The van der Waals surface area contributed by atoms with Crippen molar-refractivity contribution in [2.75, 3.05) is 0 Å². The second-order valence-corrected chi connectivity index (χ2v) is 4.50. The zero-order chi connectivity index (χ0) is 11.7. The smallest absolute Gasteiger partial charge is 0.354 e. The van der Waals surface area contributed by atoms with Crippen LogP contribution in [0.15, 0.2) is 11.6 Å². The van der Waals surface area contributed by atoms with Gasteiger partial charge in [0.1, 0.15) is 11.5 Å². The highest BCUT2D eigenvalue weighted by molar-refractivity contribution is 7.09. The molecule has 2 aromatic rings. The number of rotatable bonds is 3. The predicted molar refractivity (Wildman–Crippen MR) is 59.9 cm³/mol. The van der Waals surface area contributed by atoms with E-state index < -0.39 is 5.97 Å². The van der Waals surface area contributed by atoms with Crippen molar-refractivity contribution in [3.63, 3.8) is 0 Å². The SMILES string of the molecule is Cc1nc(Cn2c(C(=O)O)cnc2C)cs1. The summed E-state index contributed by atoms with van der Waals surface area (Å²) in [5, 5.41) is 11.9. The molecule has 0 atom stereocenters. The maximum atomic E-state index is 11.0. The van der Waals surface area contributed by atoms with E-state index in [0.717, 1.165) is 10.7 Å². The lowest BCUT2D eigenvalue weighted by Gasteiger charge is -2.05. The van der Waals surface area contributed by atoms with Crippen LogP contribution < -0.4 is 0 Å². The molecule has 0 unspecified atom stereocenters. The van der Waals surface area contributed by atoms with Gasteiger partial charge in [-0.25, -0.2) is 14.8 Å². The van der Waals surface area contributed by atoms with Gasteiger partial charge < -0.3 is 9.67 Å². The average Bonchev–Trinajstić information content (AvgIpc) is 2.76. The van der Waals surface area contributed by atoms with E-state index in [1.54, 1.807) is 22.8 Å². The van der Waals surface area contributed by atoms with Crippen LogP contribution in [0.2, 0.25) is 0 Å². The average molecular weight is 237 g/mol. The molecule has 0 saturated carbocycles. The highest BCUT2D eigenvalue weighted by atomic mass is 32.1. The number of nitrogens with zero attached hydrogens (tertiary/aromatic N) is 3. The van der Waals surface area contributed by atoms with Gasteiger partial charge in [0.25, 0.3) is 0 Å². The molecule has 0 radical (unpaired) electrons. The van der Waals surface area contributed by atoms with Gasteiger partial charge in [-0.15, -0.1) is 11.3 Å². The quantitative estimate of drug-likeness (QED) is 0.882. The fourth-order valence-corrected chi connectivity index (χ4v) is 2.09. The largest absolute Gasteiger partial charge is 0.477 e. The van der Waals surface area contributed by atoms with E-state index in [0.29, 0.717) is 12.4 Å². The van der Waals surface area contributed by atoms with Crippen molar-refractivity contribution >= 4 is 17.3 Å². The summed E-state index contributed by atoms with van der Waals surface area (Å²) in [5.74, 6) is -0.282. The summed E-state index contributed by atoms with van der Waals surface area (Å²) < 4.78 is 1.65. The minimum Gasteiger partial charge on any atom is -0.477 e. The van der Waals surface area contributed by atoms with Crippen molar-refractivity contribution in [3.8, 4) is 0 Å². The highest BCUT2D eigenvalue weighted by Crippen LogP contribution is 2.12. The number of carboxylic acid groups (broad SMARTS) is 1. The zero-order valence-corrected chi connectivity index (χ0v) is 9.78. The Hall–Kier alpha value is -1.69. The zero-order valence-electron chi connectivity index (χ0n) is 8.97. The van der Waals surface area contributed by atoms with Crippen molar-refractivity contribution in [1.82, 2.24) is 14.5 Å². The van der Waals surface area contributed by atoms with Gasteiger partial charge in [0.05, 0.1) is 23.4 Å². The molecule has 5 nitrogen and oxygen atoms in total. The Balaban J connectivity index is 2.33. The van der Waals surface area contributed by atoms with Crippen LogP contribution in [0.5, 0.6) is 0 Å². The third-order valence-corrected chi connectivity index (χ3v) is 3.08. The highest BCUT2D eigenvalue weighted by Gasteiger charge is 2.14. The fourth-order valence-electron chi connectivity index (χ4n) is 1.48. The molecule has 0 aliphatic carbocycles. The molecule has 0 amide bonds. The Morgan fingerprint density at radius 2 is 2.31 bits per heavy atom. The number of thiazole rings is 1. The maximum Gasteiger partial charge on any atom is 0.354 e. The van der Waals surface area contributed by atoms with Crippen LogP contribution >= 0.6 is 11.3 Å². The molecule has 84 valence electrons. The van der Waals surface area contributed by atoms with Crippen molar-refractivity contribution in [3.05, 3.63) is 33.8 Å². The molecule has 0 saturated heterocycles. The summed E-state index contributed by atoms with van der Waals surface area (Å²) in [6.07, 6.45) is 1.37. The van der Waals surface area contributed by atoms with Crippen LogP contribution in [0, 0.1) is 13.8 Å². The van der Waals surface area contributed by atoms with E-state index >= 15 is 0 Å². The van der Waals surface area contributed by atoms with E-state index in [1.807, 2.05) is 12.3 Å². The monoisotopic (exact) mass is 237 g/mol. The van der Waals surface area contributed by atoms with Gasteiger partial charge in [0.15, 0.2) is 0 Å². The molecule has 2 rings (SSSR count). The van der Waals surface area contributed by atoms with Crippen molar-refractivity contribution < 1.29 is 9.90 Å². The third-order valence-electron chi connectivity index (χ3n) is 2.26. The molecule has 0 aromatic carbocycles. The van der Waals surface area contributed by atoms with Crippen LogP contribution in [-0.2, 0) is 6.54 Å². The first-order chi connectivity index (χ1) is 7.58. The van der Waals surface area contributed by atoms with E-state index in [4.69, 9.17) is 5.11 Å². The number of imidazole rings is 1. The second-order valence-electron chi connectivity index (χ2n) is 3.44. The number of hydrogen-bond donors (Lipinski definition) is 1. The molecule has 1 N–H and O–H groups in total. The van der Waals surface area contributed by atoms with Gasteiger partial charge in [-0.1, -0.05) is 0 Å². The molecule has 6 heteroatoms. The summed E-state index contributed by atoms with van der Waals surface area (Å²) in [6.45, 7) is 4.16. The van der Waals surface area contributed by atoms with Crippen molar-refractivity contribution in [1.29, 1.82) is 0 Å². The fraction of sp³-hybridized carbons (Fsp3) is 0.300. The lowest BCUT2D eigenvalue weighted by atomic mass is 10.4. The van der Waals surface area contributed by atoms with Crippen LogP contribution in [-0.4, -0.2) is 25.6 Å². The van der Waals surface area contributed by atoms with Gasteiger partial charge in [0, 0.05) is 5.38 Å². The third kappa shape index (κ3) is 1.96. The lowest BCUT2D eigenvalue weighted by molar-refractivity contribution is 0.0685. The molecule has 0 aliphatic heterocycles. The lowest BCUT2D eigenvalue weighted by Crippen LogP contribution is -2.11. The van der Waals surface area contributed by atoms with Crippen LogP contribution in [0.3, 0.4) is 0 Å². The van der Waals surface area contributed by atoms with Gasteiger partial charge in [-0.3, -0.25) is 0 Å². The molecule has 0 aliphatic rings. The molecule has 2 heterocycles. The Labute approximate surface area is 96.4 Å². The number of aryl methyl sites for hydroxylation is 2. The van der Waals surface area contributed by atoms with Crippen molar-refractivity contribution in [2.45, 2.75) is 20.4 Å². The van der Waals surface area contributed by atoms with Crippen LogP contribution in [0.25, 0.3) is 0 Å². The van der Waals surface area contributed by atoms with E-state index in [1.165, 1.54) is 6.20 Å². The molecule has 0 fully saturated rings. The Morgan fingerprint density at radius 3 is 2.88 bits per heavy atom. The van der Waals surface area contributed by atoms with Crippen LogP contribution in [0.4, 0.5) is 0 Å². The first-order valence-corrected chi connectivity index (χ1v) is 5.62. The first kappa shape index (κ1) is 10.8. The molecule has 0 spiro atoms. The number of aromatic nitrogens is 3. The Bertz CT molecular complexity index is 530. The van der Waals surface area contributed by atoms with Gasteiger partial charge in [-0.2, -0.15) is 0 Å². The molecule has 2 aromatic heterocycles. The van der Waals surface area contributed by atoms with E-state index in [9.17, 15) is 4.79 Å². The summed E-state index contributed by atoms with van der Waals surface area (Å²) >= 11 is 1.55. The number of hydrogen-bond acceptors (Lipinski definition) is 4. The van der Waals surface area contributed by atoms with Gasteiger partial charge in [-0.05, 0) is 13.8 Å². The summed E-state index contributed by atoms with van der Waals surface area (Å²) in [5.41, 5.74) is 1.06. The topological polar surface area (TPSA) is 68.0 Å². The van der Waals surface area contributed by atoms with Gasteiger partial charge >= 0.3 is 5.97 Å². The normalized spacial score (nSPS) is 10.6. The minimum atomic E-state index is -0.965. The molecule has 16 heavy (non-hydrogen) atoms. The van der Waals surface area contributed by atoms with Crippen molar-refractivity contribution in [2.24, 2.45) is 0 Å². The first-order valence-electron chi connectivity index (χ1n) is 4.74. The molecule has 0 bridgehead atoms. The Morgan fingerprint density at radius 1 is 1.56 bits per heavy atom. The standard InChI is InChI=1S/C10H11N3O2S/c1-6-11-3-9(10(14)15)13(6)4-8-5-16-7(2)12-8/h3,5H,4H2,1-2H3,(H,14,15). The number of aromatic carboxylic acids is 1. The van der Waals surface area contributed by atoms with E-state index in [-0.39, 0.29) is 5.69 Å². The molecular weight excluding hydrogens is 226 g/mol. The summed E-state index contributed by atoms with van der Waals surface area (Å²) in [4.78, 5) is 19.3. The summed E-state index contributed by atoms with van der Waals surface area (Å²) in [7, 11) is 0. The van der Waals surface area contributed by atoms with E-state index in [2.05, 4.69) is 9.97 Å².